The zero-order valence-electron chi connectivity index (χ0n) is 15.7. The average Bonchev–Trinajstić information content (AvgIpc) is 2.68. The lowest BCUT2D eigenvalue weighted by Crippen LogP contribution is -2.31. The summed E-state index contributed by atoms with van der Waals surface area (Å²) in [5, 5.41) is 2.90. The number of hydrogen-bond donors (Lipinski definition) is 1. The highest BCUT2D eigenvalue weighted by atomic mass is 32.2. The van der Waals surface area contributed by atoms with Crippen LogP contribution in [0.1, 0.15) is 28.4 Å². The molecule has 3 rings (SSSR count). The van der Waals surface area contributed by atoms with E-state index in [1.54, 1.807) is 12.1 Å². The summed E-state index contributed by atoms with van der Waals surface area (Å²) in [6.07, 6.45) is 0.659. The molecule has 0 bridgehead atoms. The molecule has 1 amide bonds. The first-order valence-electron chi connectivity index (χ1n) is 8.58. The van der Waals surface area contributed by atoms with Gasteiger partial charge in [0.1, 0.15) is 16.5 Å². The van der Waals surface area contributed by atoms with Crippen molar-refractivity contribution in [3.05, 3.63) is 53.3 Å². The molecule has 1 aliphatic rings. The summed E-state index contributed by atoms with van der Waals surface area (Å²) in [5.74, 6) is 0.115. The Balaban J connectivity index is 1.92. The van der Waals surface area contributed by atoms with Gasteiger partial charge < -0.3 is 10.1 Å². The number of carbonyl (C=O) groups excluding carboxylic acids is 1. The number of nitrogens with zero attached hydrogens (tertiary/aromatic N) is 1. The molecule has 1 N–H and O–H groups in total. The molecule has 28 heavy (non-hydrogen) atoms. The maximum Gasteiger partial charge on any atom is 0.251 e. The van der Waals surface area contributed by atoms with Crippen LogP contribution in [0.2, 0.25) is 0 Å². The maximum absolute atomic E-state index is 14.0. The minimum absolute atomic E-state index is 0.0849. The topological polar surface area (TPSA) is 75.7 Å². The minimum atomic E-state index is -3.79. The van der Waals surface area contributed by atoms with Crippen molar-refractivity contribution in [2.45, 2.75) is 22.3 Å². The largest absolute Gasteiger partial charge is 0.495 e. The first-order chi connectivity index (χ1) is 13.3. The summed E-state index contributed by atoms with van der Waals surface area (Å²) in [5.41, 5.74) is 0.927. The number of sulfonamides is 1. The van der Waals surface area contributed by atoms with E-state index in [0.717, 1.165) is 9.87 Å². The van der Waals surface area contributed by atoms with Crippen LogP contribution in [0, 0.1) is 5.82 Å². The molecule has 0 aliphatic carbocycles. The predicted molar refractivity (Wildman–Crippen MR) is 106 cm³/mol. The Hall–Kier alpha value is -2.10. The van der Waals surface area contributed by atoms with E-state index in [1.165, 1.54) is 57.2 Å². The van der Waals surface area contributed by atoms with E-state index in [9.17, 15) is 17.6 Å². The Morgan fingerprint density at radius 1 is 1.29 bits per heavy atom. The van der Waals surface area contributed by atoms with Crippen LogP contribution in [-0.2, 0) is 10.0 Å². The molecule has 9 heteroatoms. The molecule has 1 unspecified atom stereocenters. The number of thioether (sulfide) groups is 1. The van der Waals surface area contributed by atoms with Gasteiger partial charge in [-0.15, -0.1) is 11.8 Å². The quantitative estimate of drug-likeness (QED) is 0.799. The van der Waals surface area contributed by atoms with Gasteiger partial charge in [-0.3, -0.25) is 4.79 Å². The monoisotopic (exact) mass is 424 g/mol. The van der Waals surface area contributed by atoms with E-state index in [1.807, 2.05) is 0 Å². The molecule has 0 fully saturated rings. The van der Waals surface area contributed by atoms with Crippen molar-refractivity contribution in [2.24, 2.45) is 0 Å². The molecule has 0 saturated carbocycles. The fourth-order valence-electron chi connectivity index (χ4n) is 2.99. The third kappa shape index (κ3) is 3.87. The van der Waals surface area contributed by atoms with Crippen LogP contribution in [0.15, 0.2) is 46.2 Å². The molecule has 6 nitrogen and oxygen atoms in total. The number of amides is 1. The Morgan fingerprint density at radius 2 is 2.04 bits per heavy atom. The molecule has 0 aromatic heterocycles. The second-order valence-corrected chi connectivity index (χ2v) is 9.70. The number of fused-ring (bicyclic) bond motifs is 1. The van der Waals surface area contributed by atoms with Crippen molar-refractivity contribution in [3.8, 4) is 5.75 Å². The highest BCUT2D eigenvalue weighted by molar-refractivity contribution is 7.99. The molecule has 150 valence electrons. The maximum atomic E-state index is 14.0. The molecule has 0 saturated heterocycles. The molecule has 0 radical (unpaired) electrons. The summed E-state index contributed by atoms with van der Waals surface area (Å²) in [4.78, 5) is 13.3. The fraction of sp³-hybridized carbons (Fsp3) is 0.316. The SMILES string of the molecule is COc1ccc(C(=O)NC2CCSc3c(F)cccc32)cc1S(=O)(=O)N(C)C. The lowest BCUT2D eigenvalue weighted by Gasteiger charge is -2.26. The first kappa shape index (κ1) is 20.6. The Bertz CT molecular complexity index is 1010. The molecule has 2 aromatic rings. The van der Waals surface area contributed by atoms with E-state index >= 15 is 0 Å². The van der Waals surface area contributed by atoms with Gasteiger partial charge >= 0.3 is 0 Å². The summed E-state index contributed by atoms with van der Waals surface area (Å²) in [7, 11) is 0.401. The molecular weight excluding hydrogens is 403 g/mol. The number of rotatable bonds is 5. The summed E-state index contributed by atoms with van der Waals surface area (Å²) in [6.45, 7) is 0. The fourth-order valence-corrected chi connectivity index (χ4v) is 5.21. The average molecular weight is 425 g/mol. The molecule has 1 heterocycles. The van der Waals surface area contributed by atoms with E-state index in [4.69, 9.17) is 4.74 Å². The lowest BCUT2D eigenvalue weighted by atomic mass is 10.0. The van der Waals surface area contributed by atoms with Gasteiger partial charge in [-0.25, -0.2) is 17.1 Å². The van der Waals surface area contributed by atoms with Crippen LogP contribution >= 0.6 is 11.8 Å². The number of hydrogen-bond acceptors (Lipinski definition) is 5. The number of carbonyl (C=O) groups is 1. The molecule has 1 atom stereocenters. The third-order valence-corrected chi connectivity index (χ3v) is 7.51. The zero-order chi connectivity index (χ0) is 20.5. The van der Waals surface area contributed by atoms with Crippen molar-refractivity contribution < 1.29 is 22.3 Å². The minimum Gasteiger partial charge on any atom is -0.495 e. The Morgan fingerprint density at radius 3 is 2.71 bits per heavy atom. The van der Waals surface area contributed by atoms with Crippen molar-refractivity contribution in [1.29, 1.82) is 0 Å². The van der Waals surface area contributed by atoms with E-state index in [-0.39, 0.29) is 28.1 Å². The second kappa shape index (κ2) is 8.10. The Kier molecular flexibility index (Phi) is 5.97. The lowest BCUT2D eigenvalue weighted by molar-refractivity contribution is 0.0934. The smallest absolute Gasteiger partial charge is 0.251 e. The standard InChI is InChI=1S/C19H21FN2O4S2/c1-22(2)28(24,25)17-11-12(7-8-16(17)26-3)19(23)21-15-9-10-27-18-13(15)5-4-6-14(18)20/h4-8,11,15H,9-10H2,1-3H3,(H,21,23). The summed E-state index contributed by atoms with van der Waals surface area (Å²) < 4.78 is 45.3. The van der Waals surface area contributed by atoms with Gasteiger partial charge in [0.2, 0.25) is 10.0 Å². The van der Waals surface area contributed by atoms with Gasteiger partial charge in [0.25, 0.3) is 5.91 Å². The van der Waals surface area contributed by atoms with Crippen LogP contribution in [0.4, 0.5) is 4.39 Å². The van der Waals surface area contributed by atoms with Crippen molar-refractivity contribution in [3.63, 3.8) is 0 Å². The summed E-state index contributed by atoms with van der Waals surface area (Å²) >= 11 is 1.43. The van der Waals surface area contributed by atoms with Gasteiger partial charge in [0.15, 0.2) is 0 Å². The first-order valence-corrected chi connectivity index (χ1v) is 11.0. The van der Waals surface area contributed by atoms with Gasteiger partial charge in [-0.05, 0) is 36.2 Å². The number of nitrogens with one attached hydrogen (secondary N) is 1. The van der Waals surface area contributed by atoms with E-state index in [2.05, 4.69) is 5.32 Å². The summed E-state index contributed by atoms with van der Waals surface area (Å²) in [6, 6.07) is 8.74. The number of ether oxygens (including phenoxy) is 1. The van der Waals surface area contributed by atoms with Crippen molar-refractivity contribution in [1.82, 2.24) is 9.62 Å². The van der Waals surface area contributed by atoms with Gasteiger partial charge in [-0.2, -0.15) is 0 Å². The third-order valence-electron chi connectivity index (χ3n) is 4.52. The van der Waals surface area contributed by atoms with Gasteiger partial charge in [-0.1, -0.05) is 12.1 Å². The molecule has 1 aliphatic heterocycles. The van der Waals surface area contributed by atoms with Crippen LogP contribution in [-0.4, -0.2) is 45.6 Å². The van der Waals surface area contributed by atoms with Crippen molar-refractivity contribution in [2.75, 3.05) is 27.0 Å². The zero-order valence-corrected chi connectivity index (χ0v) is 17.4. The van der Waals surface area contributed by atoms with Crippen LogP contribution in [0.3, 0.4) is 0 Å². The van der Waals surface area contributed by atoms with Crippen LogP contribution < -0.4 is 10.1 Å². The van der Waals surface area contributed by atoms with E-state index < -0.39 is 15.9 Å². The van der Waals surface area contributed by atoms with Crippen LogP contribution in [0.25, 0.3) is 0 Å². The number of methoxy groups -OCH3 is 1. The Labute approximate surface area is 168 Å². The normalized spacial score (nSPS) is 16.5. The second-order valence-electron chi connectivity index (χ2n) is 6.47. The van der Waals surface area contributed by atoms with E-state index in [0.29, 0.717) is 17.1 Å². The van der Waals surface area contributed by atoms with Crippen molar-refractivity contribution >= 4 is 27.7 Å². The molecule has 0 spiro atoms. The van der Waals surface area contributed by atoms with Gasteiger partial charge in [0, 0.05) is 30.3 Å². The molecular formula is C19H21FN2O4S2. The predicted octanol–water partition coefficient (Wildman–Crippen LogP) is 3.05. The number of halogens is 1. The highest BCUT2D eigenvalue weighted by Crippen LogP contribution is 2.38. The molecule has 2 aromatic carbocycles. The van der Waals surface area contributed by atoms with Gasteiger partial charge in [0.05, 0.1) is 13.2 Å². The van der Waals surface area contributed by atoms with Crippen LogP contribution in [0.5, 0.6) is 5.75 Å². The number of benzene rings is 2. The highest BCUT2D eigenvalue weighted by Gasteiger charge is 2.27.